The van der Waals surface area contributed by atoms with Gasteiger partial charge in [-0.25, -0.2) is 8.78 Å². The third kappa shape index (κ3) is 2.21. The zero-order chi connectivity index (χ0) is 10.2. The van der Waals surface area contributed by atoms with Crippen LogP contribution in [0.1, 0.15) is 0 Å². The molecule has 1 rings (SSSR count). The Balaban J connectivity index is 3.38. The third-order valence-electron chi connectivity index (χ3n) is 1.37. The van der Waals surface area contributed by atoms with E-state index in [0.29, 0.717) is 6.07 Å². The van der Waals surface area contributed by atoms with Crippen LogP contribution in [0, 0.1) is 11.6 Å². The molecule has 0 atom stereocenters. The van der Waals surface area contributed by atoms with Gasteiger partial charge in [0.2, 0.25) is 0 Å². The van der Waals surface area contributed by atoms with Gasteiger partial charge in [-0.05, 0) is 10.5 Å². The fourth-order valence-electron chi connectivity index (χ4n) is 0.866. The SMILES string of the molecule is Fc1cc(F)c([B-](F)(F)F)c(Br)c1. The maximum absolute atomic E-state index is 12.6. The summed E-state index contributed by atoms with van der Waals surface area (Å²) in [6, 6.07) is 0.781. The van der Waals surface area contributed by atoms with E-state index < -0.39 is 28.5 Å². The van der Waals surface area contributed by atoms with Crippen molar-refractivity contribution in [3.8, 4) is 0 Å². The van der Waals surface area contributed by atoms with E-state index in [1.807, 2.05) is 0 Å². The molecule has 0 aliphatic rings. The van der Waals surface area contributed by atoms with Gasteiger partial charge in [-0.2, -0.15) is 0 Å². The Hall–Kier alpha value is -0.585. The first-order valence-electron chi connectivity index (χ1n) is 3.16. The van der Waals surface area contributed by atoms with E-state index in [-0.39, 0.29) is 6.07 Å². The van der Waals surface area contributed by atoms with Crippen LogP contribution in [0.3, 0.4) is 0 Å². The van der Waals surface area contributed by atoms with Crippen molar-refractivity contribution in [2.24, 2.45) is 0 Å². The van der Waals surface area contributed by atoms with Crippen LogP contribution < -0.4 is 5.46 Å². The molecular formula is C6H2BBrF5-. The van der Waals surface area contributed by atoms with Crippen LogP contribution in [0.25, 0.3) is 0 Å². The zero-order valence-corrected chi connectivity index (χ0v) is 7.59. The van der Waals surface area contributed by atoms with Crippen LogP contribution >= 0.6 is 15.9 Å². The maximum Gasteiger partial charge on any atom is 0.513 e. The van der Waals surface area contributed by atoms with E-state index in [9.17, 15) is 21.7 Å². The van der Waals surface area contributed by atoms with Crippen LogP contribution in [-0.2, 0) is 0 Å². The molecule has 72 valence electrons. The maximum atomic E-state index is 12.6. The van der Waals surface area contributed by atoms with Gasteiger partial charge >= 0.3 is 6.98 Å². The number of benzene rings is 1. The lowest BCUT2D eigenvalue weighted by molar-refractivity contribution is 0.492. The number of hydrogen-bond donors (Lipinski definition) is 0. The number of rotatable bonds is 1. The second kappa shape index (κ2) is 3.28. The highest BCUT2D eigenvalue weighted by molar-refractivity contribution is 9.10. The number of hydrogen-bond acceptors (Lipinski definition) is 0. The van der Waals surface area contributed by atoms with Crippen molar-refractivity contribution >= 4 is 28.4 Å². The molecule has 1 aromatic rings. The highest BCUT2D eigenvalue weighted by Gasteiger charge is 2.31. The molecule has 0 unspecified atom stereocenters. The van der Waals surface area contributed by atoms with Crippen LogP contribution in [0.4, 0.5) is 21.7 Å². The van der Waals surface area contributed by atoms with Crippen molar-refractivity contribution in [3.05, 3.63) is 28.2 Å². The summed E-state index contributed by atoms with van der Waals surface area (Å²) in [6.07, 6.45) is 0. The smallest absolute Gasteiger partial charge is 0.445 e. The standard InChI is InChI=1S/C6H2BBrF5/c8-4-1-3(9)2-5(10)6(4)7(11,12)13/h1-2H/q-1. The minimum atomic E-state index is -5.46. The molecule has 0 saturated carbocycles. The fourth-order valence-corrected chi connectivity index (χ4v) is 1.53. The predicted molar refractivity (Wildman–Crippen MR) is 42.8 cm³/mol. The van der Waals surface area contributed by atoms with E-state index >= 15 is 0 Å². The molecular weight excluding hydrogens is 258 g/mol. The Bertz CT molecular complexity index is 311. The lowest BCUT2D eigenvalue weighted by Gasteiger charge is -2.17. The molecule has 7 heteroatoms. The second-order valence-corrected chi connectivity index (χ2v) is 3.21. The van der Waals surface area contributed by atoms with Crippen LogP contribution in [0.15, 0.2) is 16.6 Å². The van der Waals surface area contributed by atoms with Gasteiger partial charge in [-0.15, -0.1) is 0 Å². The second-order valence-electron chi connectivity index (χ2n) is 2.36. The van der Waals surface area contributed by atoms with E-state index in [0.717, 1.165) is 0 Å². The molecule has 0 aromatic heterocycles. The Labute approximate surface area is 78.9 Å². The van der Waals surface area contributed by atoms with Crippen molar-refractivity contribution in [2.75, 3.05) is 0 Å². The minimum Gasteiger partial charge on any atom is -0.445 e. The summed E-state index contributed by atoms with van der Waals surface area (Å²) in [7, 11) is 0. The molecule has 0 bridgehead atoms. The van der Waals surface area contributed by atoms with Gasteiger partial charge in [0, 0.05) is 6.07 Å². The molecule has 0 saturated heterocycles. The highest BCUT2D eigenvalue weighted by atomic mass is 79.9. The lowest BCUT2D eigenvalue weighted by Crippen LogP contribution is -2.38. The van der Waals surface area contributed by atoms with Crippen molar-refractivity contribution in [2.45, 2.75) is 0 Å². The highest BCUT2D eigenvalue weighted by Crippen LogP contribution is 2.19. The molecule has 0 aliphatic carbocycles. The molecule has 0 radical (unpaired) electrons. The monoisotopic (exact) mass is 259 g/mol. The lowest BCUT2D eigenvalue weighted by atomic mass is 9.80. The summed E-state index contributed by atoms with van der Waals surface area (Å²) in [5.41, 5.74) is -1.43. The van der Waals surface area contributed by atoms with Gasteiger partial charge in [0.1, 0.15) is 11.6 Å². The summed E-state index contributed by atoms with van der Waals surface area (Å²) in [4.78, 5) is 0. The topological polar surface area (TPSA) is 0 Å². The Morgan fingerprint density at radius 3 is 2.00 bits per heavy atom. The van der Waals surface area contributed by atoms with Crippen molar-refractivity contribution in [3.63, 3.8) is 0 Å². The van der Waals surface area contributed by atoms with Crippen LogP contribution in [-0.4, -0.2) is 6.98 Å². The van der Waals surface area contributed by atoms with Gasteiger partial charge in [0.05, 0.1) is 0 Å². The Morgan fingerprint density at radius 2 is 1.62 bits per heavy atom. The molecule has 13 heavy (non-hydrogen) atoms. The first-order chi connectivity index (χ1) is 5.82. The van der Waals surface area contributed by atoms with Crippen LogP contribution in [0.5, 0.6) is 0 Å². The molecule has 0 N–H and O–H groups in total. The largest absolute Gasteiger partial charge is 0.513 e. The van der Waals surface area contributed by atoms with Gasteiger partial charge in [-0.1, -0.05) is 21.4 Å². The first-order valence-corrected chi connectivity index (χ1v) is 3.96. The van der Waals surface area contributed by atoms with E-state index in [4.69, 9.17) is 0 Å². The van der Waals surface area contributed by atoms with Crippen molar-refractivity contribution < 1.29 is 21.7 Å². The number of halogens is 6. The third-order valence-corrected chi connectivity index (χ3v) is 2.03. The minimum absolute atomic E-state index is 0.204. The van der Waals surface area contributed by atoms with Crippen LogP contribution in [0.2, 0.25) is 0 Å². The first kappa shape index (κ1) is 10.5. The fraction of sp³-hybridized carbons (Fsp3) is 0. The molecule has 1 aromatic carbocycles. The Kier molecular flexibility index (Phi) is 2.65. The quantitative estimate of drug-likeness (QED) is 0.538. The average molecular weight is 260 g/mol. The molecule has 0 heterocycles. The summed E-state index contributed by atoms with van der Waals surface area (Å²) < 4.78 is 60.7. The van der Waals surface area contributed by atoms with Gasteiger partial charge in [0.25, 0.3) is 0 Å². The molecule has 0 nitrogen and oxygen atoms in total. The zero-order valence-electron chi connectivity index (χ0n) is 6.00. The molecule has 0 amide bonds. The van der Waals surface area contributed by atoms with Crippen molar-refractivity contribution in [1.82, 2.24) is 0 Å². The van der Waals surface area contributed by atoms with Crippen molar-refractivity contribution in [1.29, 1.82) is 0 Å². The summed E-state index contributed by atoms with van der Waals surface area (Å²) in [5.74, 6) is -2.65. The predicted octanol–water partition coefficient (Wildman–Crippen LogP) is 2.78. The Morgan fingerprint density at radius 1 is 1.08 bits per heavy atom. The van der Waals surface area contributed by atoms with E-state index in [1.165, 1.54) is 0 Å². The summed E-state index contributed by atoms with van der Waals surface area (Å²) >= 11 is 2.45. The molecule has 0 fully saturated rings. The summed E-state index contributed by atoms with van der Waals surface area (Å²) in [6.45, 7) is -5.46. The normalized spacial score (nSPS) is 11.8. The van der Waals surface area contributed by atoms with E-state index in [2.05, 4.69) is 15.9 Å². The molecule has 0 aliphatic heterocycles. The van der Waals surface area contributed by atoms with Gasteiger partial charge < -0.3 is 12.9 Å². The van der Waals surface area contributed by atoms with Gasteiger partial charge in [0.15, 0.2) is 0 Å². The van der Waals surface area contributed by atoms with E-state index in [1.54, 1.807) is 0 Å². The molecule has 0 spiro atoms. The average Bonchev–Trinajstić information content (AvgIpc) is 1.78. The van der Waals surface area contributed by atoms with Gasteiger partial charge in [-0.3, -0.25) is 0 Å². The summed E-state index contributed by atoms with van der Waals surface area (Å²) in [5, 5.41) is 0.